The summed E-state index contributed by atoms with van der Waals surface area (Å²) in [5.74, 6) is 1.65. The summed E-state index contributed by atoms with van der Waals surface area (Å²) < 4.78 is 21.4. The highest BCUT2D eigenvalue weighted by molar-refractivity contribution is 5.91. The molecule has 0 heterocycles. The van der Waals surface area contributed by atoms with E-state index >= 15 is 0 Å². The van der Waals surface area contributed by atoms with E-state index in [4.69, 9.17) is 18.9 Å². The molecule has 0 aliphatic carbocycles. The lowest BCUT2D eigenvalue weighted by Crippen LogP contribution is -2.11. The van der Waals surface area contributed by atoms with Crippen molar-refractivity contribution in [1.29, 1.82) is 0 Å². The van der Waals surface area contributed by atoms with Crippen molar-refractivity contribution in [1.82, 2.24) is 0 Å². The quantitative estimate of drug-likeness (QED) is 0.104. The van der Waals surface area contributed by atoms with Crippen LogP contribution in [-0.4, -0.2) is 25.3 Å². The second-order valence-electron chi connectivity index (χ2n) is 8.86. The highest BCUT2D eigenvalue weighted by Gasteiger charge is 2.11. The highest BCUT2D eigenvalue weighted by Crippen LogP contribution is 2.20. The van der Waals surface area contributed by atoms with E-state index in [1.165, 1.54) is 25.7 Å². The first-order valence-corrected chi connectivity index (χ1v) is 12.9. The van der Waals surface area contributed by atoms with Crippen molar-refractivity contribution in [3.63, 3.8) is 0 Å². The first-order valence-electron chi connectivity index (χ1n) is 12.9. The first-order chi connectivity index (χ1) is 17.0. The van der Waals surface area contributed by atoms with Crippen LogP contribution in [0, 0.1) is 5.92 Å². The molecule has 0 fully saturated rings. The summed E-state index contributed by atoms with van der Waals surface area (Å²) >= 11 is 0. The molecule has 0 N–H and O–H groups in total. The second kappa shape index (κ2) is 16.6. The van der Waals surface area contributed by atoms with Crippen LogP contribution < -0.4 is 14.2 Å². The number of hydrogen-bond donors (Lipinski definition) is 0. The van der Waals surface area contributed by atoms with E-state index in [0.717, 1.165) is 37.9 Å². The lowest BCUT2D eigenvalue weighted by atomic mass is 10.0. The molecule has 2 rings (SSSR count). The Balaban J connectivity index is 1.69. The summed E-state index contributed by atoms with van der Waals surface area (Å²) in [5.41, 5.74) is 0.426. The lowest BCUT2D eigenvalue weighted by Gasteiger charge is -2.10. The maximum absolute atomic E-state index is 12.4. The van der Waals surface area contributed by atoms with Gasteiger partial charge in [0, 0.05) is 0 Å². The van der Waals surface area contributed by atoms with Crippen LogP contribution in [-0.2, 0) is 4.74 Å². The molecule has 0 radical (unpaired) electrons. The molecule has 0 aliphatic rings. The van der Waals surface area contributed by atoms with Crippen molar-refractivity contribution in [3.05, 3.63) is 54.1 Å². The Labute approximate surface area is 209 Å². The van der Waals surface area contributed by atoms with Crippen LogP contribution in [0.4, 0.5) is 4.79 Å². The normalized spacial score (nSPS) is 11.5. The fraction of sp³-hybridized carbons (Fsp3) is 0.517. The van der Waals surface area contributed by atoms with Gasteiger partial charge in [0.1, 0.15) is 17.2 Å². The largest absolute Gasteiger partial charge is 0.513 e. The van der Waals surface area contributed by atoms with Crippen LogP contribution >= 0.6 is 0 Å². The van der Waals surface area contributed by atoms with E-state index < -0.39 is 12.1 Å². The van der Waals surface area contributed by atoms with E-state index in [1.54, 1.807) is 48.5 Å². The minimum atomic E-state index is -0.731. The van der Waals surface area contributed by atoms with Crippen LogP contribution in [0.1, 0.15) is 88.9 Å². The van der Waals surface area contributed by atoms with Crippen molar-refractivity contribution < 1.29 is 28.5 Å². The van der Waals surface area contributed by atoms with Crippen molar-refractivity contribution >= 4 is 12.1 Å². The van der Waals surface area contributed by atoms with Gasteiger partial charge >= 0.3 is 12.1 Å². The molecule has 6 nitrogen and oxygen atoms in total. The Bertz CT molecular complexity index is 860. The highest BCUT2D eigenvalue weighted by atomic mass is 16.7. The third-order valence-corrected chi connectivity index (χ3v) is 5.85. The molecular weight excluding hydrogens is 444 g/mol. The van der Waals surface area contributed by atoms with Crippen LogP contribution in [0.3, 0.4) is 0 Å². The summed E-state index contributed by atoms with van der Waals surface area (Å²) in [5, 5.41) is 0. The minimum Gasteiger partial charge on any atom is -0.494 e. The zero-order chi connectivity index (χ0) is 25.3. The van der Waals surface area contributed by atoms with Gasteiger partial charge in [-0.15, -0.1) is 0 Å². The van der Waals surface area contributed by atoms with Crippen molar-refractivity contribution in [2.45, 2.75) is 78.6 Å². The molecule has 0 aromatic heterocycles. The third kappa shape index (κ3) is 11.8. The smallest absolute Gasteiger partial charge is 0.494 e. The fourth-order valence-corrected chi connectivity index (χ4v) is 3.42. The van der Waals surface area contributed by atoms with Gasteiger partial charge in [0.25, 0.3) is 0 Å². The molecule has 0 amide bonds. The molecule has 2 aromatic carbocycles. The summed E-state index contributed by atoms with van der Waals surface area (Å²) in [6.45, 7) is 7.63. The maximum Gasteiger partial charge on any atom is 0.513 e. The summed E-state index contributed by atoms with van der Waals surface area (Å²) in [6, 6.07) is 13.2. The summed E-state index contributed by atoms with van der Waals surface area (Å²) in [4.78, 5) is 24.2. The van der Waals surface area contributed by atoms with Crippen LogP contribution in [0.2, 0.25) is 0 Å². The van der Waals surface area contributed by atoms with Gasteiger partial charge in [0.15, 0.2) is 0 Å². The molecular formula is C29H40O6. The average Bonchev–Trinajstić information content (AvgIpc) is 2.87. The Hall–Kier alpha value is -3.02. The molecule has 0 spiro atoms. The van der Waals surface area contributed by atoms with Crippen molar-refractivity contribution in [3.8, 4) is 17.2 Å². The van der Waals surface area contributed by atoms with E-state index in [9.17, 15) is 9.59 Å². The second-order valence-corrected chi connectivity index (χ2v) is 8.86. The minimum absolute atomic E-state index is 0.326. The standard InChI is InChI=1S/C29H40O6/c1-4-6-7-8-9-10-21-33-29(31)35-27-19-17-26(18-20-27)34-28(30)24-13-15-25(16-14-24)32-22-11-12-23(3)5-2/h13-20,23H,4-12,21-22H2,1-3H3/t23-/m0/s1. The number of ether oxygens (including phenoxy) is 4. The Kier molecular flexibility index (Phi) is 13.4. The van der Waals surface area contributed by atoms with Crippen molar-refractivity contribution in [2.75, 3.05) is 13.2 Å². The Morgan fingerprint density at radius 1 is 0.714 bits per heavy atom. The fourth-order valence-electron chi connectivity index (χ4n) is 3.42. The number of rotatable bonds is 16. The van der Waals surface area contributed by atoms with Crippen LogP contribution in [0.15, 0.2) is 48.5 Å². The molecule has 0 bridgehead atoms. The Morgan fingerprint density at radius 3 is 1.97 bits per heavy atom. The number of esters is 1. The summed E-state index contributed by atoms with van der Waals surface area (Å²) in [6.07, 6.45) is 9.31. The topological polar surface area (TPSA) is 71.1 Å². The lowest BCUT2D eigenvalue weighted by molar-refractivity contribution is 0.0733. The van der Waals surface area contributed by atoms with Gasteiger partial charge in [-0.05, 0) is 73.7 Å². The van der Waals surface area contributed by atoms with Gasteiger partial charge < -0.3 is 18.9 Å². The van der Waals surface area contributed by atoms with E-state index in [2.05, 4.69) is 20.8 Å². The SMILES string of the molecule is CCCCCCCCOC(=O)Oc1ccc(OC(=O)c2ccc(OCCC[C@@H](C)CC)cc2)cc1. The molecule has 192 valence electrons. The predicted octanol–water partition coefficient (Wildman–Crippen LogP) is 7.99. The Morgan fingerprint density at radius 2 is 1.31 bits per heavy atom. The molecule has 0 saturated carbocycles. The van der Waals surface area contributed by atoms with E-state index in [-0.39, 0.29) is 0 Å². The number of benzene rings is 2. The van der Waals surface area contributed by atoms with Gasteiger partial charge in [0.2, 0.25) is 0 Å². The summed E-state index contributed by atoms with van der Waals surface area (Å²) in [7, 11) is 0. The zero-order valence-electron chi connectivity index (χ0n) is 21.4. The maximum atomic E-state index is 12.4. The molecule has 1 atom stereocenters. The number of unbranched alkanes of at least 4 members (excludes halogenated alkanes) is 5. The zero-order valence-corrected chi connectivity index (χ0v) is 21.4. The van der Waals surface area contributed by atoms with Crippen molar-refractivity contribution in [2.24, 2.45) is 5.92 Å². The van der Waals surface area contributed by atoms with Crippen LogP contribution in [0.5, 0.6) is 17.2 Å². The third-order valence-electron chi connectivity index (χ3n) is 5.85. The van der Waals surface area contributed by atoms with Gasteiger partial charge in [-0.25, -0.2) is 9.59 Å². The molecule has 0 unspecified atom stereocenters. The molecule has 6 heteroatoms. The number of carbonyl (C=O) groups is 2. The van der Waals surface area contributed by atoms with Gasteiger partial charge in [0.05, 0.1) is 18.8 Å². The predicted molar refractivity (Wildman–Crippen MR) is 137 cm³/mol. The van der Waals surface area contributed by atoms with Gasteiger partial charge in [-0.2, -0.15) is 0 Å². The number of hydrogen-bond acceptors (Lipinski definition) is 6. The van der Waals surface area contributed by atoms with E-state index in [1.807, 2.05) is 0 Å². The molecule has 2 aromatic rings. The molecule has 35 heavy (non-hydrogen) atoms. The monoisotopic (exact) mass is 484 g/mol. The molecule has 0 saturated heterocycles. The van der Waals surface area contributed by atoms with Gasteiger partial charge in [-0.1, -0.05) is 59.3 Å². The number of carbonyl (C=O) groups excluding carboxylic acids is 2. The average molecular weight is 485 g/mol. The first kappa shape index (κ1) is 28.2. The molecule has 0 aliphatic heterocycles. The van der Waals surface area contributed by atoms with Gasteiger partial charge in [-0.3, -0.25) is 0 Å². The van der Waals surface area contributed by atoms with Crippen LogP contribution in [0.25, 0.3) is 0 Å². The van der Waals surface area contributed by atoms with E-state index in [0.29, 0.717) is 36.2 Å².